The summed E-state index contributed by atoms with van der Waals surface area (Å²) in [5.41, 5.74) is 8.41. The molecule has 3 aliphatic heterocycles. The number of benzene rings is 5. The van der Waals surface area contributed by atoms with E-state index in [1.165, 1.54) is 32.1 Å². The second-order valence-corrected chi connectivity index (χ2v) is 24.0. The van der Waals surface area contributed by atoms with Crippen molar-refractivity contribution in [3.8, 4) is 23.0 Å². The highest BCUT2D eigenvalue weighted by molar-refractivity contribution is 7.99. The SMILES string of the molecule is CCC(CC)(NC(=O)CCCSC(C)CN(CCOCCOCCOC)c1cc(COc2cc(N=S)c(C(=O)N3CCc4ccccc43)cc2OC)cc(COc2cc3c(cc2OC)C(=O)N2c4ccccc4CC2CN3)c1)C1CCCCC1. The molecule has 1 saturated carbocycles. The Bertz CT molecular complexity index is 3060. The van der Waals surface area contributed by atoms with Crippen molar-refractivity contribution in [3.05, 3.63) is 124 Å². The van der Waals surface area contributed by atoms with Crippen molar-refractivity contribution in [1.29, 1.82) is 0 Å². The van der Waals surface area contributed by atoms with E-state index < -0.39 is 0 Å². The van der Waals surface area contributed by atoms with Crippen LogP contribution in [0.3, 0.4) is 0 Å². The highest BCUT2D eigenvalue weighted by Crippen LogP contribution is 2.43. The lowest BCUT2D eigenvalue weighted by Gasteiger charge is -2.42. The molecule has 1 fully saturated rings. The minimum absolute atomic E-state index is 0.0278. The van der Waals surface area contributed by atoms with Crippen LogP contribution in [-0.2, 0) is 57.5 Å². The summed E-state index contributed by atoms with van der Waals surface area (Å²) in [7, 11) is 4.79. The molecular formula is C66H84N6O10S2. The van der Waals surface area contributed by atoms with Crippen LogP contribution < -0.4 is 44.3 Å². The number of para-hydroxylation sites is 2. The number of rotatable bonds is 31. The maximum Gasteiger partial charge on any atom is 0.260 e. The molecular weight excluding hydrogens is 1100 g/mol. The third-order valence-corrected chi connectivity index (χ3v) is 18.5. The van der Waals surface area contributed by atoms with Crippen LogP contribution in [0.2, 0.25) is 0 Å². The average molecular weight is 1190 g/mol. The van der Waals surface area contributed by atoms with E-state index in [1.54, 1.807) is 44.4 Å². The van der Waals surface area contributed by atoms with Crippen LogP contribution in [0.4, 0.5) is 28.4 Å². The van der Waals surface area contributed by atoms with Crippen molar-refractivity contribution in [3.63, 3.8) is 0 Å². The second kappa shape index (κ2) is 30.1. The number of ether oxygens (including phenoxy) is 7. The molecule has 0 spiro atoms. The minimum atomic E-state index is -0.217. The molecule has 0 saturated heterocycles. The number of fused-ring (bicyclic) bond motifs is 5. The lowest BCUT2D eigenvalue weighted by Crippen LogP contribution is -2.53. The van der Waals surface area contributed by atoms with Gasteiger partial charge in [-0.05, 0) is 121 Å². The molecule has 3 heterocycles. The van der Waals surface area contributed by atoms with Crippen molar-refractivity contribution in [2.75, 3.05) is 106 Å². The van der Waals surface area contributed by atoms with E-state index in [1.807, 2.05) is 65.2 Å². The minimum Gasteiger partial charge on any atom is -0.493 e. The molecule has 5 aromatic rings. The van der Waals surface area contributed by atoms with E-state index in [-0.39, 0.29) is 47.8 Å². The Hall–Kier alpha value is -6.44. The van der Waals surface area contributed by atoms with Crippen molar-refractivity contribution in [2.45, 2.75) is 121 Å². The van der Waals surface area contributed by atoms with Gasteiger partial charge in [-0.3, -0.25) is 14.4 Å². The van der Waals surface area contributed by atoms with Crippen molar-refractivity contribution in [1.82, 2.24) is 5.32 Å². The molecule has 0 aromatic heterocycles. The molecule has 2 unspecified atom stereocenters. The van der Waals surface area contributed by atoms with E-state index in [0.29, 0.717) is 117 Å². The predicted octanol–water partition coefficient (Wildman–Crippen LogP) is 12.1. The fraction of sp³-hybridized carbons (Fsp3) is 0.500. The van der Waals surface area contributed by atoms with Crippen LogP contribution in [0.25, 0.3) is 0 Å². The molecule has 18 heteroatoms. The van der Waals surface area contributed by atoms with E-state index in [4.69, 9.17) is 45.6 Å². The highest BCUT2D eigenvalue weighted by Gasteiger charge is 2.39. The molecule has 450 valence electrons. The molecule has 2 atom stereocenters. The molecule has 84 heavy (non-hydrogen) atoms. The van der Waals surface area contributed by atoms with Crippen LogP contribution in [0.15, 0.2) is 95.4 Å². The Morgan fingerprint density at radius 1 is 0.810 bits per heavy atom. The van der Waals surface area contributed by atoms with Gasteiger partial charge < -0.3 is 58.5 Å². The molecule has 3 amide bonds. The first-order chi connectivity index (χ1) is 41.0. The second-order valence-electron chi connectivity index (χ2n) is 22.3. The summed E-state index contributed by atoms with van der Waals surface area (Å²) in [6, 6.07) is 29.2. The number of thioether (sulfide) groups is 1. The number of methoxy groups -OCH3 is 3. The van der Waals surface area contributed by atoms with E-state index >= 15 is 0 Å². The van der Waals surface area contributed by atoms with E-state index in [0.717, 1.165) is 77.2 Å². The number of nitrogens with one attached hydrogen (secondary N) is 2. The zero-order valence-corrected chi connectivity index (χ0v) is 51.5. The van der Waals surface area contributed by atoms with Gasteiger partial charge in [-0.1, -0.05) is 76.4 Å². The zero-order chi connectivity index (χ0) is 59.0. The quantitative estimate of drug-likeness (QED) is 0.0403. The lowest BCUT2D eigenvalue weighted by molar-refractivity contribution is -0.124. The summed E-state index contributed by atoms with van der Waals surface area (Å²) in [4.78, 5) is 48.1. The molecule has 0 bridgehead atoms. The largest absolute Gasteiger partial charge is 0.493 e. The molecule has 5 aromatic carbocycles. The Morgan fingerprint density at radius 3 is 2.18 bits per heavy atom. The smallest absolute Gasteiger partial charge is 0.260 e. The number of anilines is 4. The summed E-state index contributed by atoms with van der Waals surface area (Å²) < 4.78 is 46.4. The molecule has 2 N–H and O–H groups in total. The number of carbonyl (C=O) groups is 3. The van der Waals surface area contributed by atoms with E-state index in [2.05, 4.69) is 64.9 Å². The Morgan fingerprint density at radius 2 is 1.48 bits per heavy atom. The first-order valence-electron chi connectivity index (χ1n) is 30.0. The van der Waals surface area contributed by atoms with Gasteiger partial charge in [0.2, 0.25) is 5.91 Å². The Labute approximate surface area is 506 Å². The number of nitrogens with zero attached hydrogens (tertiary/aromatic N) is 4. The van der Waals surface area contributed by atoms with Gasteiger partial charge in [0, 0.05) is 92.1 Å². The molecule has 0 radical (unpaired) electrons. The van der Waals surface area contributed by atoms with Gasteiger partial charge in [-0.2, -0.15) is 16.1 Å². The standard InChI is InChI=1S/C66H84N6O10S2/c1-7-66(8-2,50-19-10-9-11-20-50)68-63(73)23-16-32-84-45(3)42-70(26-27-79-30-31-80-29-28-76-4)51-34-46(43-81-61-39-55-53(37-59(61)77-5)65(75)72-52(41-67-55)36-49-18-13-15-22-58(49)72)33-47(35-51)44-82-62-40-56(69-83)54(38-60(62)78-6)64(74)71-25-24-48-17-12-14-21-57(48)71/h12-15,17-18,21-22,33-35,37-40,45,50,52,67H,7-11,16,19-20,23-32,36,41-44H2,1-6H3,(H,68,73). The monoisotopic (exact) mass is 1180 g/mol. The third-order valence-electron chi connectivity index (χ3n) is 17.1. The third kappa shape index (κ3) is 15.0. The van der Waals surface area contributed by atoms with Crippen molar-refractivity contribution < 1.29 is 47.5 Å². The highest BCUT2D eigenvalue weighted by atomic mass is 32.2. The normalized spacial score (nSPS) is 15.9. The van der Waals surface area contributed by atoms with Crippen molar-refractivity contribution in [2.24, 2.45) is 10.3 Å². The predicted molar refractivity (Wildman–Crippen MR) is 337 cm³/mol. The average Bonchev–Trinajstić information content (AvgIpc) is 4.22. The van der Waals surface area contributed by atoms with Gasteiger partial charge in [0.25, 0.3) is 11.8 Å². The molecule has 1 aliphatic carbocycles. The number of hydrogen-bond acceptors (Lipinski definition) is 15. The van der Waals surface area contributed by atoms with Crippen LogP contribution in [-0.4, -0.2) is 121 Å². The van der Waals surface area contributed by atoms with E-state index in [9.17, 15) is 14.4 Å². The molecule has 16 nitrogen and oxygen atoms in total. The van der Waals surface area contributed by atoms with Crippen LogP contribution in [0.1, 0.15) is 122 Å². The van der Waals surface area contributed by atoms with Gasteiger partial charge in [0.15, 0.2) is 23.0 Å². The van der Waals surface area contributed by atoms with Crippen LogP contribution >= 0.6 is 11.8 Å². The fourth-order valence-electron chi connectivity index (χ4n) is 12.5. The first kappa shape index (κ1) is 62.1. The number of amides is 3. The first-order valence-corrected chi connectivity index (χ1v) is 31.4. The fourth-order valence-corrected chi connectivity index (χ4v) is 13.7. The summed E-state index contributed by atoms with van der Waals surface area (Å²) in [5, 5.41) is 7.28. The maximum atomic E-state index is 14.3. The van der Waals surface area contributed by atoms with Crippen LogP contribution in [0, 0.1) is 5.92 Å². The summed E-state index contributed by atoms with van der Waals surface area (Å²) >= 11 is 7.15. The number of hydrogen-bond donors (Lipinski definition) is 2. The number of carbonyl (C=O) groups excluding carboxylic acids is 3. The van der Waals surface area contributed by atoms with Gasteiger partial charge in [0.05, 0.1) is 75.8 Å². The summed E-state index contributed by atoms with van der Waals surface area (Å²) in [6.07, 6.45) is 10.9. The summed E-state index contributed by atoms with van der Waals surface area (Å²) in [5.74, 6) is 2.90. The van der Waals surface area contributed by atoms with Gasteiger partial charge in [0.1, 0.15) is 13.2 Å². The zero-order valence-electron chi connectivity index (χ0n) is 49.8. The van der Waals surface area contributed by atoms with Crippen molar-refractivity contribution >= 4 is 70.3 Å². The lowest BCUT2D eigenvalue weighted by atomic mass is 9.71. The Balaban J connectivity index is 0.964. The maximum absolute atomic E-state index is 14.3. The van der Waals surface area contributed by atoms with Crippen LogP contribution in [0.5, 0.6) is 23.0 Å². The van der Waals surface area contributed by atoms with Gasteiger partial charge in [-0.15, -0.1) is 0 Å². The topological polar surface area (TPSA) is 162 Å². The van der Waals surface area contributed by atoms with Gasteiger partial charge in [-0.25, -0.2) is 0 Å². The summed E-state index contributed by atoms with van der Waals surface area (Å²) in [6.45, 7) is 11.7. The molecule has 9 rings (SSSR count). The molecule has 4 aliphatic rings. The Kier molecular flexibility index (Phi) is 22.2. The van der Waals surface area contributed by atoms with Gasteiger partial charge >= 0.3 is 0 Å².